The Morgan fingerprint density at radius 1 is 0.814 bits per heavy atom. The molecule has 0 N–H and O–H groups in total. The Morgan fingerprint density at radius 3 is 1.77 bits per heavy atom. The van der Waals surface area contributed by atoms with Crippen molar-refractivity contribution in [1.82, 2.24) is 0 Å². The number of benzene rings is 4. The number of imide groups is 1. The fourth-order valence-corrected chi connectivity index (χ4v) is 7.99. The van der Waals surface area contributed by atoms with Gasteiger partial charge in [0, 0.05) is 11.1 Å². The second-order valence-corrected chi connectivity index (χ2v) is 12.3. The predicted octanol–water partition coefficient (Wildman–Crippen LogP) is 6.70. The molecule has 1 saturated heterocycles. The summed E-state index contributed by atoms with van der Waals surface area (Å²) in [6, 6.07) is 24.6. The minimum Gasteiger partial charge on any atom is -0.457 e. The van der Waals surface area contributed by atoms with Crippen LogP contribution in [0.15, 0.2) is 91.0 Å². The van der Waals surface area contributed by atoms with Crippen LogP contribution in [0.3, 0.4) is 0 Å². The first-order valence-electron chi connectivity index (χ1n) is 13.2. The van der Waals surface area contributed by atoms with E-state index in [1.165, 1.54) is 42.5 Å². The van der Waals surface area contributed by atoms with Crippen molar-refractivity contribution in [3.63, 3.8) is 0 Å². The van der Waals surface area contributed by atoms with Gasteiger partial charge in [-0.3, -0.25) is 19.7 Å². The third kappa shape index (κ3) is 3.73. The summed E-state index contributed by atoms with van der Waals surface area (Å²) in [5.41, 5.74) is 3.10. The van der Waals surface area contributed by atoms with Gasteiger partial charge in [-0.15, -0.1) is 23.2 Å². The lowest BCUT2D eigenvalue weighted by molar-refractivity contribution is -0.385. The number of carbonyl (C=O) groups is 3. The molecule has 43 heavy (non-hydrogen) atoms. The highest BCUT2D eigenvalue weighted by Crippen LogP contribution is 2.69. The minimum atomic E-state index is -1.30. The average molecular weight is 634 g/mol. The van der Waals surface area contributed by atoms with E-state index in [9.17, 15) is 24.5 Å². The Labute approximate surface area is 259 Å². The highest BCUT2D eigenvalue weighted by Gasteiger charge is 2.73. The van der Waals surface area contributed by atoms with E-state index in [4.69, 9.17) is 39.5 Å². The lowest BCUT2D eigenvalue weighted by Crippen LogP contribution is -2.57. The Morgan fingerprint density at radius 2 is 1.30 bits per heavy atom. The maximum Gasteiger partial charge on any atom is 0.338 e. The van der Waals surface area contributed by atoms with Crippen LogP contribution in [0, 0.1) is 22.0 Å². The Bertz CT molecular complexity index is 1770. The molecule has 2 bridgehead atoms. The molecular weight excluding hydrogens is 615 g/mol. The van der Waals surface area contributed by atoms with Crippen LogP contribution in [-0.4, -0.2) is 22.7 Å². The second kappa shape index (κ2) is 9.64. The molecule has 0 unspecified atom stereocenters. The number of ether oxygens (including phenoxy) is 1. The van der Waals surface area contributed by atoms with Crippen molar-refractivity contribution in [2.75, 3.05) is 4.90 Å². The zero-order chi connectivity index (χ0) is 30.3. The number of anilines is 1. The summed E-state index contributed by atoms with van der Waals surface area (Å²) in [5.74, 6) is -3.62. The molecule has 1 aliphatic heterocycles. The maximum absolute atomic E-state index is 14.1. The average Bonchev–Trinajstić information content (AvgIpc) is 3.29. The van der Waals surface area contributed by atoms with Gasteiger partial charge in [0.15, 0.2) is 0 Å². The summed E-state index contributed by atoms with van der Waals surface area (Å²) in [6.07, 6.45) is 0. The van der Waals surface area contributed by atoms with E-state index in [0.29, 0.717) is 22.3 Å². The highest BCUT2D eigenvalue weighted by atomic mass is 35.5. The van der Waals surface area contributed by atoms with Crippen LogP contribution in [0.4, 0.5) is 11.4 Å². The molecule has 0 aromatic heterocycles. The van der Waals surface area contributed by atoms with Crippen molar-refractivity contribution in [2.45, 2.75) is 16.4 Å². The molecule has 1 heterocycles. The quantitative estimate of drug-likeness (QED) is 0.0796. The molecule has 214 valence electrons. The summed E-state index contributed by atoms with van der Waals surface area (Å²) >= 11 is 20.8. The van der Waals surface area contributed by atoms with Gasteiger partial charge in [0.2, 0.25) is 11.8 Å². The molecule has 2 atom stereocenters. The van der Waals surface area contributed by atoms with Crippen LogP contribution in [-0.2, 0) is 30.7 Å². The Hall–Kier alpha value is -4.24. The number of nitrogens with zero attached hydrogens (tertiary/aromatic N) is 2. The van der Waals surface area contributed by atoms with Gasteiger partial charge >= 0.3 is 5.97 Å². The fourth-order valence-electron chi connectivity index (χ4n) is 6.72. The molecule has 11 heteroatoms. The van der Waals surface area contributed by atoms with E-state index in [-0.39, 0.29) is 34.1 Å². The van der Waals surface area contributed by atoms with Crippen molar-refractivity contribution in [1.29, 1.82) is 0 Å². The highest BCUT2D eigenvalue weighted by molar-refractivity contribution is 6.38. The lowest BCUT2D eigenvalue weighted by atomic mass is 9.54. The summed E-state index contributed by atoms with van der Waals surface area (Å²) in [7, 11) is 0. The SMILES string of the molecule is O=C(OCc1ccc(Cl)cc1[N+](=O)[O-])c1ccc(N2C(=O)[C@H]3[C@H](C2=O)C2(Cl)c4ccccc4C3(Cl)c3ccccc32)cc1. The van der Waals surface area contributed by atoms with Crippen molar-refractivity contribution < 1.29 is 24.0 Å². The van der Waals surface area contributed by atoms with Crippen molar-refractivity contribution in [3.8, 4) is 0 Å². The van der Waals surface area contributed by atoms with Gasteiger partial charge in [0.05, 0.1) is 33.6 Å². The first-order chi connectivity index (χ1) is 20.6. The number of hydrogen-bond acceptors (Lipinski definition) is 6. The summed E-state index contributed by atoms with van der Waals surface area (Å²) < 4.78 is 5.30. The lowest BCUT2D eigenvalue weighted by Gasteiger charge is -2.54. The van der Waals surface area contributed by atoms with Crippen LogP contribution < -0.4 is 4.90 Å². The molecule has 4 aromatic rings. The summed E-state index contributed by atoms with van der Waals surface area (Å²) in [6.45, 7) is -0.350. The van der Waals surface area contributed by atoms with Crippen LogP contribution in [0.25, 0.3) is 0 Å². The van der Waals surface area contributed by atoms with E-state index in [1.54, 1.807) is 0 Å². The number of hydrogen-bond donors (Lipinski definition) is 0. The van der Waals surface area contributed by atoms with E-state index in [1.807, 2.05) is 48.5 Å². The zero-order valence-electron chi connectivity index (χ0n) is 22.0. The smallest absolute Gasteiger partial charge is 0.338 e. The number of alkyl halides is 2. The molecule has 1 fully saturated rings. The van der Waals surface area contributed by atoms with E-state index in [2.05, 4.69) is 0 Å². The Kier molecular flexibility index (Phi) is 6.18. The second-order valence-electron chi connectivity index (χ2n) is 10.6. The molecule has 3 aliphatic carbocycles. The molecule has 0 spiro atoms. The molecule has 2 amide bonds. The van der Waals surface area contributed by atoms with Gasteiger partial charge in [-0.1, -0.05) is 60.1 Å². The molecule has 4 aliphatic rings. The van der Waals surface area contributed by atoms with Gasteiger partial charge in [0.1, 0.15) is 16.4 Å². The first kappa shape index (κ1) is 27.6. The number of carbonyl (C=O) groups excluding carboxylic acids is 3. The molecule has 4 aromatic carbocycles. The standard InChI is InChI=1S/C32H19Cl3N2O6/c33-19-12-9-18(25(15-19)37(41)42)16-43-30(40)17-10-13-20(14-11-17)36-28(38)26-27(29(36)39)32(35)22-6-2-1-5-21(22)31(26,34)23-7-3-4-8-24(23)32/h1-15,26-27H,16H2/t26-,27-,31?,32?/m1/s1. The fraction of sp³-hybridized carbons (Fsp3) is 0.156. The number of halogens is 3. The predicted molar refractivity (Wildman–Crippen MR) is 159 cm³/mol. The summed E-state index contributed by atoms with van der Waals surface area (Å²) in [4.78, 5) is 50.2. The van der Waals surface area contributed by atoms with Crippen LogP contribution in [0.2, 0.25) is 5.02 Å². The number of amides is 2. The molecule has 0 radical (unpaired) electrons. The van der Waals surface area contributed by atoms with Crippen molar-refractivity contribution in [3.05, 3.63) is 140 Å². The molecule has 8 rings (SSSR count). The van der Waals surface area contributed by atoms with Gasteiger partial charge in [0.25, 0.3) is 5.69 Å². The van der Waals surface area contributed by atoms with E-state index < -0.39 is 44.3 Å². The van der Waals surface area contributed by atoms with Crippen molar-refractivity contribution >= 4 is 64.0 Å². The number of nitro groups is 1. The topological polar surface area (TPSA) is 107 Å². The first-order valence-corrected chi connectivity index (χ1v) is 14.4. The number of esters is 1. The zero-order valence-corrected chi connectivity index (χ0v) is 24.3. The van der Waals surface area contributed by atoms with Crippen LogP contribution in [0.5, 0.6) is 0 Å². The molecular formula is C32H19Cl3N2O6. The van der Waals surface area contributed by atoms with Gasteiger partial charge in [-0.2, -0.15) is 0 Å². The van der Waals surface area contributed by atoms with E-state index in [0.717, 1.165) is 4.90 Å². The van der Waals surface area contributed by atoms with Crippen LogP contribution >= 0.6 is 34.8 Å². The van der Waals surface area contributed by atoms with Gasteiger partial charge in [-0.05, 0) is 58.7 Å². The Balaban J connectivity index is 1.19. The van der Waals surface area contributed by atoms with Crippen LogP contribution in [0.1, 0.15) is 38.2 Å². The minimum absolute atomic E-state index is 0.124. The number of rotatable bonds is 5. The third-order valence-corrected chi connectivity index (χ3v) is 10.1. The molecule has 8 nitrogen and oxygen atoms in total. The number of nitro benzene ring substituents is 1. The van der Waals surface area contributed by atoms with Crippen molar-refractivity contribution in [2.24, 2.45) is 11.8 Å². The van der Waals surface area contributed by atoms with Gasteiger partial charge in [-0.25, -0.2) is 9.69 Å². The normalized spacial score (nSPS) is 24.8. The largest absolute Gasteiger partial charge is 0.457 e. The molecule has 0 saturated carbocycles. The summed E-state index contributed by atoms with van der Waals surface area (Å²) in [5, 5.41) is 11.5. The maximum atomic E-state index is 14.1. The van der Waals surface area contributed by atoms with E-state index >= 15 is 0 Å². The monoisotopic (exact) mass is 632 g/mol. The third-order valence-electron chi connectivity index (χ3n) is 8.55. The van der Waals surface area contributed by atoms with Gasteiger partial charge < -0.3 is 4.74 Å².